The fraction of sp³-hybridized carbons (Fsp3) is 0.0714. The topological polar surface area (TPSA) is 26.3 Å². The molecule has 0 bridgehead atoms. The predicted octanol–water partition coefficient (Wildman–Crippen LogP) is 4.04. The van der Waals surface area contributed by atoms with E-state index in [-0.39, 0.29) is 5.82 Å². The minimum atomic E-state index is -0.421. The normalized spacial score (nSPS) is 10.2. The Balaban J connectivity index is 2.56. The van der Waals surface area contributed by atoms with Crippen LogP contribution in [0.3, 0.4) is 0 Å². The molecule has 2 nitrogen and oxygen atoms in total. The van der Waals surface area contributed by atoms with Crippen LogP contribution in [0.15, 0.2) is 46.9 Å². The fourth-order valence-electron chi connectivity index (χ4n) is 1.68. The molecule has 0 aliphatic carbocycles. The van der Waals surface area contributed by atoms with Crippen LogP contribution < -0.4 is 0 Å². The molecule has 0 radical (unpaired) electrons. The number of halogens is 2. The Morgan fingerprint density at radius 2 is 1.83 bits per heavy atom. The van der Waals surface area contributed by atoms with E-state index >= 15 is 0 Å². The van der Waals surface area contributed by atoms with Crippen molar-refractivity contribution in [2.45, 2.75) is 0 Å². The third-order valence-electron chi connectivity index (χ3n) is 2.54. The largest absolute Gasteiger partial charge is 0.465 e. The first kappa shape index (κ1) is 12.8. The van der Waals surface area contributed by atoms with Gasteiger partial charge in [0.05, 0.1) is 12.7 Å². The van der Waals surface area contributed by atoms with Crippen molar-refractivity contribution >= 4 is 21.9 Å². The maximum absolute atomic E-state index is 12.9. The van der Waals surface area contributed by atoms with Crippen molar-refractivity contribution in [3.8, 4) is 11.1 Å². The van der Waals surface area contributed by atoms with E-state index in [0.29, 0.717) is 11.1 Å². The van der Waals surface area contributed by atoms with Crippen LogP contribution in [0.4, 0.5) is 4.39 Å². The quantitative estimate of drug-likeness (QED) is 0.783. The first-order valence-electron chi connectivity index (χ1n) is 5.25. The molecule has 4 heteroatoms. The summed E-state index contributed by atoms with van der Waals surface area (Å²) in [6.45, 7) is 0. The summed E-state index contributed by atoms with van der Waals surface area (Å²) in [5, 5.41) is 0. The van der Waals surface area contributed by atoms with Gasteiger partial charge in [0.1, 0.15) is 5.82 Å². The summed E-state index contributed by atoms with van der Waals surface area (Å²) in [4.78, 5) is 11.7. The lowest BCUT2D eigenvalue weighted by Gasteiger charge is -2.08. The molecule has 0 aliphatic heterocycles. The highest BCUT2D eigenvalue weighted by molar-refractivity contribution is 9.10. The third kappa shape index (κ3) is 2.59. The number of hydrogen-bond donors (Lipinski definition) is 0. The van der Waals surface area contributed by atoms with Crippen molar-refractivity contribution in [2.24, 2.45) is 0 Å². The number of carbonyl (C=O) groups is 1. The SMILES string of the molecule is COC(=O)c1cc(Br)ccc1-c1ccc(F)cc1. The number of esters is 1. The van der Waals surface area contributed by atoms with E-state index in [1.807, 2.05) is 6.07 Å². The fourth-order valence-corrected chi connectivity index (χ4v) is 2.04. The van der Waals surface area contributed by atoms with Crippen LogP contribution >= 0.6 is 15.9 Å². The molecular weight excluding hydrogens is 299 g/mol. The number of methoxy groups -OCH3 is 1. The van der Waals surface area contributed by atoms with Crippen molar-refractivity contribution < 1.29 is 13.9 Å². The van der Waals surface area contributed by atoms with Crippen LogP contribution in [-0.2, 0) is 4.74 Å². The van der Waals surface area contributed by atoms with Crippen LogP contribution in [0.1, 0.15) is 10.4 Å². The van der Waals surface area contributed by atoms with Gasteiger partial charge in [-0.2, -0.15) is 0 Å². The zero-order valence-corrected chi connectivity index (χ0v) is 11.2. The van der Waals surface area contributed by atoms with Gasteiger partial charge in [-0.25, -0.2) is 9.18 Å². The van der Waals surface area contributed by atoms with Crippen LogP contribution in [0.25, 0.3) is 11.1 Å². The molecule has 0 saturated heterocycles. The van der Waals surface area contributed by atoms with Crippen LogP contribution in [0.5, 0.6) is 0 Å². The molecule has 18 heavy (non-hydrogen) atoms. The molecule has 92 valence electrons. The van der Waals surface area contributed by atoms with Crippen molar-refractivity contribution in [1.29, 1.82) is 0 Å². The standard InChI is InChI=1S/C14H10BrFO2/c1-18-14(17)13-8-10(15)4-7-12(13)9-2-5-11(16)6-3-9/h2-8H,1H3. The second kappa shape index (κ2) is 5.31. The highest BCUT2D eigenvalue weighted by Crippen LogP contribution is 2.27. The average Bonchev–Trinajstić information content (AvgIpc) is 2.39. The minimum Gasteiger partial charge on any atom is -0.465 e. The molecule has 0 heterocycles. The maximum Gasteiger partial charge on any atom is 0.338 e. The van der Waals surface area contributed by atoms with Gasteiger partial charge in [-0.15, -0.1) is 0 Å². The van der Waals surface area contributed by atoms with Crippen LogP contribution in [-0.4, -0.2) is 13.1 Å². The first-order valence-corrected chi connectivity index (χ1v) is 6.05. The number of rotatable bonds is 2. The monoisotopic (exact) mass is 308 g/mol. The highest BCUT2D eigenvalue weighted by atomic mass is 79.9. The summed E-state index contributed by atoms with van der Waals surface area (Å²) in [6, 6.07) is 11.3. The van der Waals surface area contributed by atoms with E-state index in [2.05, 4.69) is 15.9 Å². The smallest absolute Gasteiger partial charge is 0.338 e. The van der Waals surface area contributed by atoms with E-state index < -0.39 is 5.97 Å². The van der Waals surface area contributed by atoms with Crippen LogP contribution in [0, 0.1) is 5.82 Å². The Labute approximate surface area is 113 Å². The number of hydrogen-bond acceptors (Lipinski definition) is 2. The molecule has 0 aromatic heterocycles. The summed E-state index contributed by atoms with van der Waals surface area (Å²) in [7, 11) is 1.33. The van der Waals surface area contributed by atoms with Gasteiger partial charge in [-0.1, -0.05) is 34.1 Å². The molecule has 0 aliphatic rings. The number of carbonyl (C=O) groups excluding carboxylic acids is 1. The molecule has 0 fully saturated rings. The Morgan fingerprint density at radius 3 is 2.44 bits per heavy atom. The molecule has 2 rings (SSSR count). The van der Waals surface area contributed by atoms with Gasteiger partial charge in [-0.05, 0) is 35.4 Å². The Bertz CT molecular complexity index is 579. The van der Waals surface area contributed by atoms with Gasteiger partial charge in [0.2, 0.25) is 0 Å². The lowest BCUT2D eigenvalue weighted by Crippen LogP contribution is -2.03. The van der Waals surface area contributed by atoms with E-state index in [0.717, 1.165) is 10.0 Å². The summed E-state index contributed by atoms with van der Waals surface area (Å²) in [5.41, 5.74) is 1.92. The summed E-state index contributed by atoms with van der Waals surface area (Å²) >= 11 is 3.31. The lowest BCUT2D eigenvalue weighted by molar-refractivity contribution is 0.0601. The second-order valence-electron chi connectivity index (χ2n) is 3.69. The second-order valence-corrected chi connectivity index (χ2v) is 4.60. The molecule has 0 spiro atoms. The predicted molar refractivity (Wildman–Crippen MR) is 70.9 cm³/mol. The first-order chi connectivity index (χ1) is 8.61. The van der Waals surface area contributed by atoms with Gasteiger partial charge in [0.15, 0.2) is 0 Å². The number of benzene rings is 2. The van der Waals surface area contributed by atoms with E-state index in [1.54, 1.807) is 24.3 Å². The molecule has 0 N–H and O–H groups in total. The average molecular weight is 309 g/mol. The Hall–Kier alpha value is -1.68. The molecule has 0 unspecified atom stereocenters. The summed E-state index contributed by atoms with van der Waals surface area (Å²) in [6.07, 6.45) is 0. The molecule has 0 saturated carbocycles. The van der Waals surface area contributed by atoms with Crippen molar-refractivity contribution in [1.82, 2.24) is 0 Å². The third-order valence-corrected chi connectivity index (χ3v) is 3.04. The van der Waals surface area contributed by atoms with Gasteiger partial charge in [0.25, 0.3) is 0 Å². The summed E-state index contributed by atoms with van der Waals surface area (Å²) < 4.78 is 18.4. The summed E-state index contributed by atoms with van der Waals surface area (Å²) in [5.74, 6) is -0.730. The van der Waals surface area contributed by atoms with Crippen LogP contribution in [0.2, 0.25) is 0 Å². The van der Waals surface area contributed by atoms with Gasteiger partial charge in [0, 0.05) is 4.47 Å². The maximum atomic E-state index is 12.9. The molecule has 0 amide bonds. The van der Waals surface area contributed by atoms with Gasteiger partial charge < -0.3 is 4.74 Å². The minimum absolute atomic E-state index is 0.310. The van der Waals surface area contributed by atoms with E-state index in [4.69, 9.17) is 4.74 Å². The van der Waals surface area contributed by atoms with Crippen molar-refractivity contribution in [2.75, 3.05) is 7.11 Å². The van der Waals surface area contributed by atoms with Crippen molar-refractivity contribution in [3.63, 3.8) is 0 Å². The van der Waals surface area contributed by atoms with Gasteiger partial charge >= 0.3 is 5.97 Å². The molecule has 2 aromatic carbocycles. The molecular formula is C14H10BrFO2. The van der Waals surface area contributed by atoms with E-state index in [9.17, 15) is 9.18 Å². The van der Waals surface area contributed by atoms with Crippen molar-refractivity contribution in [3.05, 3.63) is 58.3 Å². The zero-order valence-electron chi connectivity index (χ0n) is 9.61. The zero-order chi connectivity index (χ0) is 13.1. The van der Waals surface area contributed by atoms with E-state index in [1.165, 1.54) is 19.2 Å². The number of ether oxygens (including phenoxy) is 1. The molecule has 2 aromatic rings. The highest BCUT2D eigenvalue weighted by Gasteiger charge is 2.13. The molecule has 0 atom stereocenters. The lowest BCUT2D eigenvalue weighted by atomic mass is 10.00. The Morgan fingerprint density at radius 1 is 1.17 bits per heavy atom. The van der Waals surface area contributed by atoms with Gasteiger partial charge in [-0.3, -0.25) is 0 Å². The Kier molecular flexibility index (Phi) is 3.77.